The Morgan fingerprint density at radius 2 is 2.14 bits per heavy atom. The number of nitrogens with zero attached hydrogens (tertiary/aromatic N) is 6. The first-order valence-corrected chi connectivity index (χ1v) is 6.29. The molecule has 3 aromatic rings. The van der Waals surface area contributed by atoms with Gasteiger partial charge in [0.1, 0.15) is 6.33 Å². The molecule has 1 aromatic carbocycles. The van der Waals surface area contributed by atoms with Crippen molar-refractivity contribution in [2.45, 2.75) is 0 Å². The zero-order valence-corrected chi connectivity index (χ0v) is 11.4. The van der Waals surface area contributed by atoms with E-state index in [0.29, 0.717) is 17.2 Å². The second-order valence-electron chi connectivity index (χ2n) is 4.02. The molecule has 0 aliphatic rings. The molecule has 0 unspecified atom stereocenters. The monoisotopic (exact) mass is 297 g/mol. The summed E-state index contributed by atoms with van der Waals surface area (Å²) in [6.07, 6.45) is 4.87. The van der Waals surface area contributed by atoms with Crippen LogP contribution < -0.4 is 5.32 Å². The largest absolute Gasteiger partial charge is 0.324 e. The minimum Gasteiger partial charge on any atom is -0.324 e. The van der Waals surface area contributed by atoms with E-state index in [2.05, 4.69) is 31.3 Å². The van der Waals surface area contributed by atoms with Gasteiger partial charge >= 0.3 is 0 Å². The molecule has 0 aliphatic carbocycles. The van der Waals surface area contributed by atoms with Gasteiger partial charge in [-0.1, -0.05) is 6.07 Å². The summed E-state index contributed by atoms with van der Waals surface area (Å²) in [4.78, 5) is 16.2. The van der Waals surface area contributed by atoms with E-state index in [1.165, 1.54) is 0 Å². The maximum atomic E-state index is 8.89. The van der Waals surface area contributed by atoms with E-state index in [1.54, 1.807) is 47.6 Å². The molecular weight excluding hydrogens is 290 g/mol. The van der Waals surface area contributed by atoms with Crippen molar-refractivity contribution in [2.75, 3.05) is 5.32 Å². The topological polar surface area (TPSA) is 92.3 Å². The summed E-state index contributed by atoms with van der Waals surface area (Å²) < 4.78 is 1.62. The van der Waals surface area contributed by atoms with E-state index in [9.17, 15) is 0 Å². The predicted molar refractivity (Wildman–Crippen MR) is 76.4 cm³/mol. The molecule has 3 rings (SSSR count). The normalized spacial score (nSPS) is 10.1. The molecular formula is C13H8ClN7. The molecule has 0 aliphatic heterocycles. The van der Waals surface area contributed by atoms with Crippen molar-refractivity contribution in [3.8, 4) is 12.0 Å². The van der Waals surface area contributed by atoms with Crippen molar-refractivity contribution in [3.05, 3.63) is 53.8 Å². The Kier molecular flexibility index (Phi) is 3.45. The highest BCUT2D eigenvalue weighted by molar-refractivity contribution is 6.28. The molecule has 0 spiro atoms. The van der Waals surface area contributed by atoms with E-state index < -0.39 is 0 Å². The molecule has 2 aromatic heterocycles. The van der Waals surface area contributed by atoms with Crippen LogP contribution in [0.1, 0.15) is 5.56 Å². The summed E-state index contributed by atoms with van der Waals surface area (Å²) in [7, 11) is 0. The maximum absolute atomic E-state index is 8.89. The fraction of sp³-hybridized carbons (Fsp3) is 0. The summed E-state index contributed by atoms with van der Waals surface area (Å²) in [5.74, 6) is 0.639. The van der Waals surface area contributed by atoms with Gasteiger partial charge in [-0.2, -0.15) is 20.2 Å². The third kappa shape index (κ3) is 2.96. The fourth-order valence-electron chi connectivity index (χ4n) is 1.68. The van der Waals surface area contributed by atoms with Gasteiger partial charge in [0.05, 0.1) is 11.6 Å². The minimum atomic E-state index is 0.0626. The van der Waals surface area contributed by atoms with Crippen molar-refractivity contribution < 1.29 is 0 Å². The molecule has 0 radical (unpaired) electrons. The lowest BCUT2D eigenvalue weighted by Crippen LogP contribution is -2.05. The summed E-state index contributed by atoms with van der Waals surface area (Å²) >= 11 is 5.90. The summed E-state index contributed by atoms with van der Waals surface area (Å²) in [5, 5.41) is 11.9. The van der Waals surface area contributed by atoms with Crippen molar-refractivity contribution in [1.82, 2.24) is 24.5 Å². The summed E-state index contributed by atoms with van der Waals surface area (Å²) in [6.45, 7) is 0. The van der Waals surface area contributed by atoms with Crippen LogP contribution in [0.2, 0.25) is 5.28 Å². The molecule has 0 saturated heterocycles. The lowest BCUT2D eigenvalue weighted by Gasteiger charge is -2.07. The van der Waals surface area contributed by atoms with Crippen molar-refractivity contribution in [3.63, 3.8) is 0 Å². The highest BCUT2D eigenvalue weighted by Gasteiger charge is 2.07. The standard InChI is InChI=1S/C13H8ClN7/c14-11-18-12(17-10-3-1-2-9(6-10)7-15)20-13(19-11)21-5-4-16-8-21/h1-6,8H,(H,17,18,19,20). The number of hydrogen-bond donors (Lipinski definition) is 1. The molecule has 8 heteroatoms. The van der Waals surface area contributed by atoms with Gasteiger partial charge < -0.3 is 5.32 Å². The lowest BCUT2D eigenvalue weighted by atomic mass is 10.2. The summed E-state index contributed by atoms with van der Waals surface area (Å²) in [6, 6.07) is 9.03. The van der Waals surface area contributed by atoms with Crippen LogP contribution in [0.25, 0.3) is 5.95 Å². The van der Waals surface area contributed by atoms with E-state index in [1.807, 2.05) is 0 Å². The number of nitriles is 1. The SMILES string of the molecule is N#Cc1cccc(Nc2nc(Cl)nc(-n3ccnc3)n2)c1. The van der Waals surface area contributed by atoms with E-state index in [0.717, 1.165) is 0 Å². The highest BCUT2D eigenvalue weighted by Crippen LogP contribution is 2.16. The van der Waals surface area contributed by atoms with Gasteiger partial charge in [-0.15, -0.1) is 0 Å². The number of halogens is 1. The van der Waals surface area contributed by atoms with Crippen LogP contribution in [0.3, 0.4) is 0 Å². The Morgan fingerprint density at radius 3 is 2.90 bits per heavy atom. The van der Waals surface area contributed by atoms with Crippen molar-refractivity contribution >= 4 is 23.2 Å². The number of rotatable bonds is 3. The number of nitrogens with one attached hydrogen (secondary N) is 1. The maximum Gasteiger partial charge on any atom is 0.241 e. The molecule has 0 amide bonds. The summed E-state index contributed by atoms with van der Waals surface area (Å²) in [5.41, 5.74) is 1.22. The van der Waals surface area contributed by atoms with Crippen LogP contribution in [0.5, 0.6) is 0 Å². The van der Waals surface area contributed by atoms with Gasteiger partial charge in [-0.25, -0.2) is 4.98 Å². The second kappa shape index (κ2) is 5.56. The van der Waals surface area contributed by atoms with Crippen LogP contribution in [0.15, 0.2) is 43.0 Å². The Morgan fingerprint density at radius 1 is 1.24 bits per heavy atom. The Hall–Kier alpha value is -2.98. The number of hydrogen-bond acceptors (Lipinski definition) is 6. The highest BCUT2D eigenvalue weighted by atomic mass is 35.5. The van der Waals surface area contributed by atoms with Gasteiger partial charge in [-0.05, 0) is 29.8 Å². The average Bonchev–Trinajstić information content (AvgIpc) is 3.01. The second-order valence-corrected chi connectivity index (χ2v) is 4.35. The first kappa shape index (κ1) is 13.0. The van der Waals surface area contributed by atoms with Crippen LogP contribution >= 0.6 is 11.6 Å². The predicted octanol–water partition coefficient (Wildman–Crippen LogP) is 2.33. The molecule has 7 nitrogen and oxygen atoms in total. The van der Waals surface area contributed by atoms with Crippen LogP contribution in [0, 0.1) is 11.3 Å². The number of benzene rings is 1. The van der Waals surface area contributed by atoms with E-state index in [4.69, 9.17) is 16.9 Å². The third-order valence-electron chi connectivity index (χ3n) is 2.58. The Bertz CT molecular complexity index is 808. The lowest BCUT2D eigenvalue weighted by molar-refractivity contribution is 0.899. The van der Waals surface area contributed by atoms with Crippen molar-refractivity contribution in [2.24, 2.45) is 0 Å². The first-order valence-electron chi connectivity index (χ1n) is 5.92. The Labute approximate surface area is 124 Å². The zero-order valence-electron chi connectivity index (χ0n) is 10.6. The average molecular weight is 298 g/mol. The molecule has 0 fully saturated rings. The fourth-order valence-corrected chi connectivity index (χ4v) is 1.84. The number of imidazole rings is 1. The van der Waals surface area contributed by atoms with Crippen LogP contribution in [-0.4, -0.2) is 24.5 Å². The number of aromatic nitrogens is 5. The van der Waals surface area contributed by atoms with Gasteiger partial charge in [0.15, 0.2) is 0 Å². The van der Waals surface area contributed by atoms with Gasteiger partial charge in [0.2, 0.25) is 17.2 Å². The molecule has 102 valence electrons. The zero-order chi connectivity index (χ0) is 14.7. The van der Waals surface area contributed by atoms with Gasteiger partial charge in [0, 0.05) is 18.1 Å². The molecule has 0 bridgehead atoms. The molecule has 21 heavy (non-hydrogen) atoms. The van der Waals surface area contributed by atoms with Crippen LogP contribution in [-0.2, 0) is 0 Å². The first-order chi connectivity index (χ1) is 10.2. The van der Waals surface area contributed by atoms with E-state index >= 15 is 0 Å². The smallest absolute Gasteiger partial charge is 0.241 e. The molecule has 1 N–H and O–H groups in total. The van der Waals surface area contributed by atoms with E-state index in [-0.39, 0.29) is 11.2 Å². The van der Waals surface area contributed by atoms with Crippen molar-refractivity contribution in [1.29, 1.82) is 5.26 Å². The molecule has 0 atom stereocenters. The molecule has 2 heterocycles. The minimum absolute atomic E-state index is 0.0626. The van der Waals surface area contributed by atoms with Gasteiger partial charge in [-0.3, -0.25) is 4.57 Å². The third-order valence-corrected chi connectivity index (χ3v) is 2.75. The van der Waals surface area contributed by atoms with Crippen LogP contribution in [0.4, 0.5) is 11.6 Å². The number of anilines is 2. The quantitative estimate of drug-likeness (QED) is 0.797. The van der Waals surface area contributed by atoms with Gasteiger partial charge in [0.25, 0.3) is 0 Å². The Balaban J connectivity index is 1.94. The molecule has 0 saturated carbocycles.